The number of nitrogens with one attached hydrogen (secondary N) is 1. The molecule has 1 aromatic heterocycles. The van der Waals surface area contributed by atoms with Gasteiger partial charge in [-0.2, -0.15) is 11.8 Å². The Balaban J connectivity index is 1.50. The summed E-state index contributed by atoms with van der Waals surface area (Å²) in [6.45, 7) is 2.37. The average Bonchev–Trinajstić information content (AvgIpc) is 3.00. The second-order valence-electron chi connectivity index (χ2n) is 5.40. The maximum Gasteiger partial charge on any atom is 0.213 e. The van der Waals surface area contributed by atoms with Gasteiger partial charge in [-0.15, -0.1) is 0 Å². The molecule has 2 saturated heterocycles. The van der Waals surface area contributed by atoms with Crippen molar-refractivity contribution < 1.29 is 9.47 Å². The fourth-order valence-electron chi connectivity index (χ4n) is 2.57. The van der Waals surface area contributed by atoms with Gasteiger partial charge in [-0.1, -0.05) is 0 Å². The molecule has 110 valence electrons. The van der Waals surface area contributed by atoms with E-state index in [4.69, 9.17) is 9.47 Å². The number of nitrogens with zero attached hydrogens (tertiary/aromatic N) is 1. The van der Waals surface area contributed by atoms with Gasteiger partial charge in [0, 0.05) is 37.0 Å². The molecule has 0 bridgehead atoms. The lowest BCUT2D eigenvalue weighted by atomic mass is 10.1. The summed E-state index contributed by atoms with van der Waals surface area (Å²) >= 11 is 2.05. The van der Waals surface area contributed by atoms with Crippen molar-refractivity contribution in [3.8, 4) is 5.88 Å². The van der Waals surface area contributed by atoms with Gasteiger partial charge < -0.3 is 14.8 Å². The molecule has 20 heavy (non-hydrogen) atoms. The first-order chi connectivity index (χ1) is 9.90. The maximum absolute atomic E-state index is 5.84. The molecular weight excluding hydrogens is 272 g/mol. The Morgan fingerprint density at radius 1 is 1.45 bits per heavy atom. The minimum Gasteiger partial charge on any atom is -0.472 e. The van der Waals surface area contributed by atoms with Gasteiger partial charge in [0.25, 0.3) is 0 Å². The highest BCUT2D eigenvalue weighted by molar-refractivity contribution is 7.99. The quantitative estimate of drug-likeness (QED) is 0.902. The molecular formula is C15H22N2O2S. The van der Waals surface area contributed by atoms with Crippen LogP contribution in [0, 0.1) is 0 Å². The van der Waals surface area contributed by atoms with Crippen molar-refractivity contribution in [1.29, 1.82) is 0 Å². The first-order valence-electron chi connectivity index (χ1n) is 7.40. The number of ether oxygens (including phenoxy) is 2. The van der Waals surface area contributed by atoms with Gasteiger partial charge in [-0.05, 0) is 30.2 Å². The van der Waals surface area contributed by atoms with E-state index in [1.165, 1.54) is 29.9 Å². The topological polar surface area (TPSA) is 43.4 Å². The summed E-state index contributed by atoms with van der Waals surface area (Å²) in [5, 5.41) is 3.63. The van der Waals surface area contributed by atoms with Crippen molar-refractivity contribution in [1.82, 2.24) is 10.3 Å². The molecule has 2 fully saturated rings. The van der Waals surface area contributed by atoms with Gasteiger partial charge in [0.1, 0.15) is 6.10 Å². The van der Waals surface area contributed by atoms with Gasteiger partial charge in [-0.25, -0.2) is 4.98 Å². The normalized spacial score (nSPS) is 26.6. The van der Waals surface area contributed by atoms with Crippen LogP contribution in [0.5, 0.6) is 5.88 Å². The van der Waals surface area contributed by atoms with E-state index >= 15 is 0 Å². The Hall–Kier alpha value is -0.780. The third kappa shape index (κ3) is 4.11. The van der Waals surface area contributed by atoms with Crippen LogP contribution in [0.4, 0.5) is 0 Å². The van der Waals surface area contributed by atoms with Gasteiger partial charge in [0.2, 0.25) is 5.88 Å². The van der Waals surface area contributed by atoms with Crippen LogP contribution in [0.25, 0.3) is 0 Å². The number of rotatable bonds is 5. The van der Waals surface area contributed by atoms with Crippen LogP contribution in [0.2, 0.25) is 0 Å². The van der Waals surface area contributed by atoms with Crippen molar-refractivity contribution in [2.75, 3.05) is 24.7 Å². The molecule has 1 aromatic rings. The Labute approximate surface area is 124 Å². The predicted molar refractivity (Wildman–Crippen MR) is 81.3 cm³/mol. The van der Waals surface area contributed by atoms with Crippen molar-refractivity contribution in [2.24, 2.45) is 0 Å². The Morgan fingerprint density at radius 3 is 3.25 bits per heavy atom. The average molecular weight is 294 g/mol. The van der Waals surface area contributed by atoms with Crippen molar-refractivity contribution in [2.45, 2.75) is 38.0 Å². The fraction of sp³-hybridized carbons (Fsp3) is 0.667. The summed E-state index contributed by atoms with van der Waals surface area (Å²) in [4.78, 5) is 4.29. The number of aromatic nitrogens is 1. The zero-order chi connectivity index (χ0) is 13.6. The molecule has 2 aliphatic heterocycles. The molecule has 2 unspecified atom stereocenters. The van der Waals surface area contributed by atoms with Gasteiger partial charge in [0.15, 0.2) is 0 Å². The Kier molecular flexibility index (Phi) is 5.17. The van der Waals surface area contributed by atoms with E-state index in [0.29, 0.717) is 12.6 Å². The smallest absolute Gasteiger partial charge is 0.213 e. The Bertz CT molecular complexity index is 418. The first-order valence-corrected chi connectivity index (χ1v) is 8.56. The first kappa shape index (κ1) is 14.2. The third-order valence-electron chi connectivity index (χ3n) is 3.73. The van der Waals surface area contributed by atoms with Crippen molar-refractivity contribution in [3.63, 3.8) is 0 Å². The molecule has 0 spiro atoms. The lowest BCUT2D eigenvalue weighted by Gasteiger charge is -2.22. The SMILES string of the molecule is c1cc(CNC2CCCSC2)cc(OC2CCOC2)n1. The molecule has 0 aliphatic carbocycles. The summed E-state index contributed by atoms with van der Waals surface area (Å²) < 4.78 is 11.2. The van der Waals surface area contributed by atoms with E-state index in [-0.39, 0.29) is 6.10 Å². The molecule has 0 aromatic carbocycles. The zero-order valence-corrected chi connectivity index (χ0v) is 12.5. The van der Waals surface area contributed by atoms with Gasteiger partial charge in [0.05, 0.1) is 13.2 Å². The lowest BCUT2D eigenvalue weighted by Crippen LogP contribution is -2.33. The lowest BCUT2D eigenvalue weighted by molar-refractivity contribution is 0.138. The number of pyridine rings is 1. The summed E-state index contributed by atoms with van der Waals surface area (Å²) in [6, 6.07) is 4.75. The van der Waals surface area contributed by atoms with Crippen LogP contribution < -0.4 is 10.1 Å². The van der Waals surface area contributed by atoms with Crippen LogP contribution in [-0.2, 0) is 11.3 Å². The van der Waals surface area contributed by atoms with E-state index in [0.717, 1.165) is 25.5 Å². The molecule has 0 radical (unpaired) electrons. The second kappa shape index (κ2) is 7.29. The van der Waals surface area contributed by atoms with Gasteiger partial charge >= 0.3 is 0 Å². The number of thioether (sulfide) groups is 1. The fourth-order valence-corrected chi connectivity index (χ4v) is 3.67. The maximum atomic E-state index is 5.84. The van der Waals surface area contributed by atoms with E-state index in [9.17, 15) is 0 Å². The third-order valence-corrected chi connectivity index (χ3v) is 4.95. The zero-order valence-electron chi connectivity index (χ0n) is 11.7. The number of hydrogen-bond acceptors (Lipinski definition) is 5. The van der Waals surface area contributed by atoms with E-state index in [1.54, 1.807) is 0 Å². The molecule has 5 heteroatoms. The summed E-state index contributed by atoms with van der Waals surface area (Å²) in [7, 11) is 0. The molecule has 1 N–H and O–H groups in total. The van der Waals surface area contributed by atoms with Crippen LogP contribution in [0.3, 0.4) is 0 Å². The molecule has 3 rings (SSSR count). The second-order valence-corrected chi connectivity index (χ2v) is 6.55. The summed E-state index contributed by atoms with van der Waals surface area (Å²) in [5.74, 6) is 3.26. The highest BCUT2D eigenvalue weighted by Crippen LogP contribution is 2.18. The van der Waals surface area contributed by atoms with E-state index in [1.807, 2.05) is 24.0 Å². The number of hydrogen-bond donors (Lipinski definition) is 1. The van der Waals surface area contributed by atoms with Crippen LogP contribution >= 0.6 is 11.8 Å². The van der Waals surface area contributed by atoms with Crippen molar-refractivity contribution >= 4 is 11.8 Å². The minimum atomic E-state index is 0.167. The highest BCUT2D eigenvalue weighted by atomic mass is 32.2. The summed E-state index contributed by atoms with van der Waals surface area (Å²) in [5.41, 5.74) is 1.24. The predicted octanol–water partition coefficient (Wildman–Crippen LogP) is 2.23. The van der Waals surface area contributed by atoms with E-state index in [2.05, 4.69) is 16.4 Å². The molecule has 3 heterocycles. The molecule has 4 nitrogen and oxygen atoms in total. The molecule has 0 amide bonds. The molecule has 2 aliphatic rings. The Morgan fingerprint density at radius 2 is 2.45 bits per heavy atom. The standard InChI is InChI=1S/C15H22N2O2S/c1-2-13(11-20-7-1)17-9-12-3-5-16-15(8-12)19-14-4-6-18-10-14/h3,5,8,13-14,17H,1-2,4,6-7,9-11H2. The molecule has 0 saturated carbocycles. The van der Waals surface area contributed by atoms with Crippen LogP contribution in [0.15, 0.2) is 18.3 Å². The van der Waals surface area contributed by atoms with Crippen molar-refractivity contribution in [3.05, 3.63) is 23.9 Å². The summed E-state index contributed by atoms with van der Waals surface area (Å²) in [6.07, 6.45) is 5.58. The largest absolute Gasteiger partial charge is 0.472 e. The highest BCUT2D eigenvalue weighted by Gasteiger charge is 2.18. The molecule has 2 atom stereocenters. The van der Waals surface area contributed by atoms with Gasteiger partial charge in [-0.3, -0.25) is 0 Å². The van der Waals surface area contributed by atoms with Crippen LogP contribution in [-0.4, -0.2) is 41.8 Å². The minimum absolute atomic E-state index is 0.167. The van der Waals surface area contributed by atoms with E-state index < -0.39 is 0 Å². The van der Waals surface area contributed by atoms with Crippen LogP contribution in [0.1, 0.15) is 24.8 Å². The monoisotopic (exact) mass is 294 g/mol.